The Labute approximate surface area is 128 Å². The van der Waals surface area contributed by atoms with Gasteiger partial charge in [-0.2, -0.15) is 0 Å². The highest BCUT2D eigenvalue weighted by atomic mass is 14.6. The topological polar surface area (TPSA) is 26.0 Å². The van der Waals surface area contributed by atoms with Gasteiger partial charge in [0.15, 0.2) is 0 Å². The van der Waals surface area contributed by atoms with Crippen LogP contribution in [0.25, 0.3) is 0 Å². The van der Waals surface area contributed by atoms with Crippen LogP contribution in [0.2, 0.25) is 0 Å². The van der Waals surface area contributed by atoms with E-state index in [2.05, 4.69) is 55.5 Å². The number of benzene rings is 2. The van der Waals surface area contributed by atoms with E-state index >= 15 is 0 Å². The number of fused-ring (bicyclic) bond motifs is 1. The molecule has 2 aromatic carbocycles. The van der Waals surface area contributed by atoms with Crippen LogP contribution in [0.15, 0.2) is 48.5 Å². The monoisotopic (exact) mass is 279 g/mol. The van der Waals surface area contributed by atoms with Crippen LogP contribution >= 0.6 is 0 Å². The van der Waals surface area contributed by atoms with Crippen LogP contribution in [-0.2, 0) is 24.7 Å². The quantitative estimate of drug-likeness (QED) is 0.878. The summed E-state index contributed by atoms with van der Waals surface area (Å²) in [6.07, 6.45) is 5.93. The van der Waals surface area contributed by atoms with Crippen molar-refractivity contribution in [1.29, 1.82) is 0 Å². The number of aryl methyl sites for hydroxylation is 2. The zero-order valence-corrected chi connectivity index (χ0v) is 12.9. The van der Waals surface area contributed by atoms with Crippen molar-refractivity contribution in [3.05, 3.63) is 70.8 Å². The molecule has 0 radical (unpaired) electrons. The van der Waals surface area contributed by atoms with E-state index in [1.54, 1.807) is 11.1 Å². The highest BCUT2D eigenvalue weighted by molar-refractivity contribution is 5.37. The molecule has 2 N–H and O–H groups in total. The second-order valence-corrected chi connectivity index (χ2v) is 6.34. The van der Waals surface area contributed by atoms with Crippen molar-refractivity contribution in [2.45, 2.75) is 44.4 Å². The lowest BCUT2D eigenvalue weighted by molar-refractivity contribution is 0.418. The van der Waals surface area contributed by atoms with Crippen molar-refractivity contribution >= 4 is 0 Å². The zero-order chi connectivity index (χ0) is 14.7. The first kappa shape index (κ1) is 14.3. The smallest absolute Gasteiger partial charge is 0.0113 e. The SMILES string of the molecule is CCC(CN)(Cc1ccc2c(c1)CCC2)c1ccccc1. The van der Waals surface area contributed by atoms with Gasteiger partial charge in [-0.3, -0.25) is 0 Å². The summed E-state index contributed by atoms with van der Waals surface area (Å²) in [5.74, 6) is 0. The normalized spacial score (nSPS) is 16.5. The van der Waals surface area contributed by atoms with Crippen LogP contribution in [0.1, 0.15) is 42.0 Å². The highest BCUT2D eigenvalue weighted by Gasteiger charge is 2.29. The largest absolute Gasteiger partial charge is 0.330 e. The Morgan fingerprint density at radius 2 is 1.76 bits per heavy atom. The molecule has 1 nitrogen and oxygen atoms in total. The fourth-order valence-corrected chi connectivity index (χ4v) is 3.68. The lowest BCUT2D eigenvalue weighted by Crippen LogP contribution is -2.36. The van der Waals surface area contributed by atoms with Gasteiger partial charge in [0.25, 0.3) is 0 Å². The van der Waals surface area contributed by atoms with Crippen molar-refractivity contribution in [2.75, 3.05) is 6.54 Å². The number of nitrogens with two attached hydrogens (primary N) is 1. The molecule has 0 bridgehead atoms. The van der Waals surface area contributed by atoms with E-state index in [-0.39, 0.29) is 5.41 Å². The molecule has 110 valence electrons. The summed E-state index contributed by atoms with van der Waals surface area (Å²) in [5, 5.41) is 0. The minimum absolute atomic E-state index is 0.0636. The van der Waals surface area contributed by atoms with E-state index < -0.39 is 0 Å². The van der Waals surface area contributed by atoms with Crippen LogP contribution < -0.4 is 5.73 Å². The van der Waals surface area contributed by atoms with Gasteiger partial charge in [-0.1, -0.05) is 55.5 Å². The molecule has 0 spiro atoms. The average molecular weight is 279 g/mol. The van der Waals surface area contributed by atoms with E-state index in [0.717, 1.165) is 12.8 Å². The molecule has 1 atom stereocenters. The van der Waals surface area contributed by atoms with E-state index in [0.29, 0.717) is 6.54 Å². The first-order valence-electron chi connectivity index (χ1n) is 8.14. The minimum Gasteiger partial charge on any atom is -0.330 e. The Bertz CT molecular complexity index is 596. The second kappa shape index (κ2) is 6.03. The summed E-state index contributed by atoms with van der Waals surface area (Å²) in [6.45, 7) is 2.96. The first-order valence-corrected chi connectivity index (χ1v) is 8.14. The third kappa shape index (κ3) is 2.75. The van der Waals surface area contributed by atoms with Crippen LogP contribution in [0, 0.1) is 0 Å². The number of hydrogen-bond acceptors (Lipinski definition) is 1. The van der Waals surface area contributed by atoms with Gasteiger partial charge >= 0.3 is 0 Å². The molecule has 2 aromatic rings. The number of rotatable bonds is 5. The molecule has 1 unspecified atom stereocenters. The molecular formula is C20H25N. The molecule has 1 aliphatic rings. The summed E-state index contributed by atoms with van der Waals surface area (Å²) in [4.78, 5) is 0. The zero-order valence-electron chi connectivity index (χ0n) is 12.9. The molecule has 0 fully saturated rings. The molecule has 1 heteroatoms. The van der Waals surface area contributed by atoms with Crippen LogP contribution in [0.3, 0.4) is 0 Å². The molecule has 0 aromatic heterocycles. The fraction of sp³-hybridized carbons (Fsp3) is 0.400. The third-order valence-corrected chi connectivity index (χ3v) is 5.16. The highest BCUT2D eigenvalue weighted by Crippen LogP contribution is 2.32. The van der Waals surface area contributed by atoms with Gasteiger partial charge in [-0.05, 0) is 54.4 Å². The van der Waals surface area contributed by atoms with Gasteiger partial charge in [0, 0.05) is 12.0 Å². The number of hydrogen-bond donors (Lipinski definition) is 1. The minimum atomic E-state index is 0.0636. The molecule has 0 heterocycles. The Balaban J connectivity index is 1.92. The fourth-order valence-electron chi connectivity index (χ4n) is 3.68. The standard InChI is InChI=1S/C20H25N/c1-2-20(15-21,19-9-4-3-5-10-19)14-16-11-12-17-7-6-8-18(17)13-16/h3-5,9-13H,2,6-8,14-15,21H2,1H3. The molecule has 3 rings (SSSR count). The molecule has 21 heavy (non-hydrogen) atoms. The van der Waals surface area contributed by atoms with Gasteiger partial charge in [0.05, 0.1) is 0 Å². The van der Waals surface area contributed by atoms with Gasteiger partial charge in [-0.15, -0.1) is 0 Å². The van der Waals surface area contributed by atoms with Crippen LogP contribution in [0.5, 0.6) is 0 Å². The maximum Gasteiger partial charge on any atom is 0.0113 e. The third-order valence-electron chi connectivity index (χ3n) is 5.16. The van der Waals surface area contributed by atoms with Crippen molar-refractivity contribution in [3.8, 4) is 0 Å². The molecule has 0 amide bonds. The maximum absolute atomic E-state index is 6.21. The summed E-state index contributed by atoms with van der Waals surface area (Å²) >= 11 is 0. The van der Waals surface area contributed by atoms with E-state index in [1.807, 2.05) is 0 Å². The van der Waals surface area contributed by atoms with Crippen molar-refractivity contribution < 1.29 is 0 Å². The Morgan fingerprint density at radius 3 is 2.48 bits per heavy atom. The van der Waals surface area contributed by atoms with Crippen molar-refractivity contribution in [1.82, 2.24) is 0 Å². The summed E-state index contributed by atoms with van der Waals surface area (Å²) in [5.41, 5.74) is 12.2. The molecule has 0 saturated heterocycles. The van der Waals surface area contributed by atoms with E-state index in [9.17, 15) is 0 Å². The second-order valence-electron chi connectivity index (χ2n) is 6.34. The maximum atomic E-state index is 6.21. The summed E-state index contributed by atoms with van der Waals surface area (Å²) < 4.78 is 0. The predicted molar refractivity (Wildman–Crippen MR) is 89.6 cm³/mol. The van der Waals surface area contributed by atoms with Crippen molar-refractivity contribution in [2.24, 2.45) is 5.73 Å². The van der Waals surface area contributed by atoms with E-state index in [4.69, 9.17) is 5.73 Å². The Morgan fingerprint density at radius 1 is 1.00 bits per heavy atom. The Hall–Kier alpha value is -1.60. The molecular weight excluding hydrogens is 254 g/mol. The predicted octanol–water partition coefficient (Wildman–Crippen LogP) is 4.02. The van der Waals surface area contributed by atoms with Gasteiger partial charge in [0.2, 0.25) is 0 Å². The lowest BCUT2D eigenvalue weighted by atomic mass is 9.73. The van der Waals surface area contributed by atoms with Crippen LogP contribution in [0.4, 0.5) is 0 Å². The first-order chi connectivity index (χ1) is 10.3. The molecule has 0 saturated carbocycles. The summed E-state index contributed by atoms with van der Waals surface area (Å²) in [7, 11) is 0. The van der Waals surface area contributed by atoms with Crippen LogP contribution in [-0.4, -0.2) is 6.54 Å². The van der Waals surface area contributed by atoms with E-state index in [1.165, 1.54) is 30.4 Å². The van der Waals surface area contributed by atoms with Gasteiger partial charge in [0.1, 0.15) is 0 Å². The average Bonchev–Trinajstić information content (AvgIpc) is 3.01. The lowest BCUT2D eigenvalue weighted by Gasteiger charge is -2.32. The molecule has 0 aliphatic heterocycles. The van der Waals surface area contributed by atoms with Crippen molar-refractivity contribution in [3.63, 3.8) is 0 Å². The Kier molecular flexibility index (Phi) is 4.12. The molecule has 1 aliphatic carbocycles. The van der Waals surface area contributed by atoms with Gasteiger partial charge in [-0.25, -0.2) is 0 Å². The van der Waals surface area contributed by atoms with Gasteiger partial charge < -0.3 is 5.73 Å². The summed E-state index contributed by atoms with van der Waals surface area (Å²) in [6, 6.07) is 17.8.